The monoisotopic (exact) mass is 401 g/mol. The number of carbonyl (C=O) groups is 2. The normalized spacial score (nSPS) is 10.7. The number of aryl methyl sites for hydroxylation is 2. The molecule has 0 aliphatic rings. The molecule has 0 bridgehead atoms. The number of nitrogens with one attached hydrogen (secondary N) is 1. The van der Waals surface area contributed by atoms with Gasteiger partial charge in [-0.05, 0) is 49.7 Å². The van der Waals surface area contributed by atoms with E-state index in [0.717, 1.165) is 22.6 Å². The highest BCUT2D eigenvalue weighted by molar-refractivity contribution is 6.04. The fourth-order valence-electron chi connectivity index (χ4n) is 2.94. The van der Waals surface area contributed by atoms with E-state index in [9.17, 15) is 9.59 Å². The number of para-hydroxylation sites is 1. The van der Waals surface area contributed by atoms with E-state index in [1.807, 2.05) is 50.2 Å². The molecule has 0 saturated heterocycles. The number of benzene rings is 2. The van der Waals surface area contributed by atoms with Gasteiger partial charge in [0.2, 0.25) is 0 Å². The molecule has 0 aliphatic heterocycles. The first kappa shape index (κ1) is 19.3. The summed E-state index contributed by atoms with van der Waals surface area (Å²) in [6.45, 7) is 3.75. The van der Waals surface area contributed by atoms with Gasteiger partial charge in [-0.1, -0.05) is 30.3 Å². The lowest BCUT2D eigenvalue weighted by Gasteiger charge is -2.06. The van der Waals surface area contributed by atoms with Gasteiger partial charge in [0.25, 0.3) is 17.5 Å². The fraction of sp³-hybridized carbons (Fsp3) is 0.136. The molecule has 0 saturated carbocycles. The van der Waals surface area contributed by atoms with Gasteiger partial charge in [-0.2, -0.15) is 4.98 Å². The van der Waals surface area contributed by atoms with Crippen molar-refractivity contribution < 1.29 is 14.3 Å². The minimum Gasteiger partial charge on any atom is -0.455 e. The Balaban J connectivity index is 1.38. The van der Waals surface area contributed by atoms with Crippen LogP contribution in [0.15, 0.2) is 60.7 Å². The summed E-state index contributed by atoms with van der Waals surface area (Å²) in [6, 6.07) is 17.9. The van der Waals surface area contributed by atoms with Crippen molar-refractivity contribution in [3.05, 3.63) is 89.0 Å². The summed E-state index contributed by atoms with van der Waals surface area (Å²) in [5, 5.41) is 6.98. The predicted octanol–water partition coefficient (Wildman–Crippen LogP) is 3.35. The molecule has 2 aromatic carbocycles. The topological polar surface area (TPSA) is 98.5 Å². The fourth-order valence-corrected chi connectivity index (χ4v) is 2.94. The van der Waals surface area contributed by atoms with E-state index in [1.54, 1.807) is 24.3 Å². The highest BCUT2D eigenvalue weighted by Gasteiger charge is 2.16. The maximum absolute atomic E-state index is 12.3. The van der Waals surface area contributed by atoms with Crippen LogP contribution in [-0.4, -0.2) is 31.5 Å². The summed E-state index contributed by atoms with van der Waals surface area (Å²) in [5.41, 5.74) is 3.60. The minimum absolute atomic E-state index is 0.0421. The number of aromatic nitrogens is 4. The average Bonchev–Trinajstić information content (AvgIpc) is 3.17. The molecule has 0 spiro atoms. The van der Waals surface area contributed by atoms with Gasteiger partial charge in [0, 0.05) is 22.6 Å². The Morgan fingerprint density at radius 2 is 1.73 bits per heavy atom. The number of hydrogen-bond acceptors (Lipinski definition) is 6. The van der Waals surface area contributed by atoms with Crippen LogP contribution in [0.1, 0.15) is 37.9 Å². The van der Waals surface area contributed by atoms with Gasteiger partial charge in [-0.15, -0.1) is 5.10 Å². The lowest BCUT2D eigenvalue weighted by Crippen LogP contribution is -2.12. The van der Waals surface area contributed by atoms with Gasteiger partial charge < -0.3 is 10.1 Å². The standard InChI is InChI=1S/C22H19N5O3/c1-14-12-15(2)27-22(23-14)25-19(26-27)21(29)30-13-16-8-10-17(11-9-16)20(28)24-18-6-4-3-5-7-18/h3-12H,13H2,1-2H3,(H,24,28). The third-order valence-electron chi connectivity index (χ3n) is 4.42. The summed E-state index contributed by atoms with van der Waals surface area (Å²) in [5.74, 6) is -0.538. The number of rotatable bonds is 5. The second-order valence-corrected chi connectivity index (χ2v) is 6.78. The second-order valence-electron chi connectivity index (χ2n) is 6.78. The van der Waals surface area contributed by atoms with Crippen LogP contribution >= 0.6 is 0 Å². The molecule has 30 heavy (non-hydrogen) atoms. The van der Waals surface area contributed by atoms with Gasteiger partial charge in [0.1, 0.15) is 6.61 Å². The van der Waals surface area contributed by atoms with Crippen molar-refractivity contribution >= 4 is 23.3 Å². The Morgan fingerprint density at radius 3 is 2.47 bits per heavy atom. The molecule has 0 aliphatic carbocycles. The zero-order valence-electron chi connectivity index (χ0n) is 16.5. The molecule has 0 radical (unpaired) electrons. The zero-order chi connectivity index (χ0) is 21.1. The minimum atomic E-state index is -0.636. The Kier molecular flexibility index (Phi) is 5.21. The van der Waals surface area contributed by atoms with Crippen LogP contribution in [0.4, 0.5) is 5.69 Å². The summed E-state index contributed by atoms with van der Waals surface area (Å²) in [6.07, 6.45) is 0. The highest BCUT2D eigenvalue weighted by Crippen LogP contribution is 2.12. The van der Waals surface area contributed by atoms with E-state index in [4.69, 9.17) is 4.74 Å². The van der Waals surface area contributed by atoms with Crippen LogP contribution in [0, 0.1) is 13.8 Å². The summed E-state index contributed by atoms with van der Waals surface area (Å²) in [7, 11) is 0. The largest absolute Gasteiger partial charge is 0.455 e. The smallest absolute Gasteiger partial charge is 0.378 e. The molecule has 4 rings (SSSR count). The van der Waals surface area contributed by atoms with Gasteiger partial charge in [0.15, 0.2) is 0 Å². The van der Waals surface area contributed by atoms with E-state index in [2.05, 4.69) is 20.4 Å². The molecule has 0 unspecified atom stereocenters. The van der Waals surface area contributed by atoms with Gasteiger partial charge in [0.05, 0.1) is 0 Å². The Morgan fingerprint density at radius 1 is 1.00 bits per heavy atom. The van der Waals surface area contributed by atoms with Crippen LogP contribution in [0.3, 0.4) is 0 Å². The van der Waals surface area contributed by atoms with Crippen molar-refractivity contribution in [2.75, 3.05) is 5.32 Å². The first-order chi connectivity index (χ1) is 14.5. The van der Waals surface area contributed by atoms with Gasteiger partial charge in [-0.3, -0.25) is 4.79 Å². The Labute approximate surface area is 172 Å². The Bertz CT molecular complexity index is 1220. The average molecular weight is 401 g/mol. The molecule has 0 atom stereocenters. The molecule has 8 heteroatoms. The molecule has 0 fully saturated rings. The van der Waals surface area contributed by atoms with E-state index in [0.29, 0.717) is 11.3 Å². The first-order valence-corrected chi connectivity index (χ1v) is 9.33. The number of hydrogen-bond donors (Lipinski definition) is 1. The molecule has 4 aromatic rings. The van der Waals surface area contributed by atoms with Crippen LogP contribution in [0.2, 0.25) is 0 Å². The molecule has 1 N–H and O–H groups in total. The molecular weight excluding hydrogens is 382 g/mol. The molecule has 2 aromatic heterocycles. The van der Waals surface area contributed by atoms with E-state index in [1.165, 1.54) is 4.52 Å². The van der Waals surface area contributed by atoms with Crippen molar-refractivity contribution in [1.82, 2.24) is 19.6 Å². The van der Waals surface area contributed by atoms with Crippen LogP contribution in [0.25, 0.3) is 5.78 Å². The number of amides is 1. The zero-order valence-corrected chi connectivity index (χ0v) is 16.5. The van der Waals surface area contributed by atoms with Crippen molar-refractivity contribution in [3.8, 4) is 0 Å². The molecular formula is C22H19N5O3. The summed E-state index contributed by atoms with van der Waals surface area (Å²) < 4.78 is 6.81. The van der Waals surface area contributed by atoms with Crippen molar-refractivity contribution in [1.29, 1.82) is 0 Å². The number of anilines is 1. The van der Waals surface area contributed by atoms with E-state index in [-0.39, 0.29) is 18.3 Å². The predicted molar refractivity (Wildman–Crippen MR) is 110 cm³/mol. The summed E-state index contributed by atoms with van der Waals surface area (Å²) in [4.78, 5) is 33.0. The first-order valence-electron chi connectivity index (χ1n) is 9.33. The third kappa shape index (κ3) is 4.17. The maximum atomic E-state index is 12.3. The molecule has 8 nitrogen and oxygen atoms in total. The number of esters is 1. The van der Waals surface area contributed by atoms with Crippen LogP contribution < -0.4 is 5.32 Å². The summed E-state index contributed by atoms with van der Waals surface area (Å²) >= 11 is 0. The maximum Gasteiger partial charge on any atom is 0.378 e. The van der Waals surface area contributed by atoms with Crippen molar-refractivity contribution in [3.63, 3.8) is 0 Å². The number of nitrogens with zero attached hydrogens (tertiary/aromatic N) is 4. The molecule has 1 amide bonds. The SMILES string of the molecule is Cc1cc(C)n2nc(C(=O)OCc3ccc(C(=O)Nc4ccccc4)cc3)nc2n1. The van der Waals surface area contributed by atoms with Gasteiger partial charge in [-0.25, -0.2) is 14.3 Å². The number of carbonyl (C=O) groups excluding carboxylic acids is 2. The lowest BCUT2D eigenvalue weighted by molar-refractivity contribution is 0.0458. The third-order valence-corrected chi connectivity index (χ3v) is 4.42. The lowest BCUT2D eigenvalue weighted by atomic mass is 10.1. The van der Waals surface area contributed by atoms with Gasteiger partial charge >= 0.3 is 5.97 Å². The number of fused-ring (bicyclic) bond motifs is 1. The highest BCUT2D eigenvalue weighted by atomic mass is 16.5. The Hall–Kier alpha value is -4.07. The van der Waals surface area contributed by atoms with E-state index < -0.39 is 5.97 Å². The van der Waals surface area contributed by atoms with Crippen LogP contribution in [-0.2, 0) is 11.3 Å². The molecule has 2 heterocycles. The van der Waals surface area contributed by atoms with Crippen molar-refractivity contribution in [2.24, 2.45) is 0 Å². The van der Waals surface area contributed by atoms with E-state index >= 15 is 0 Å². The quantitative estimate of drug-likeness (QED) is 0.515. The van der Waals surface area contributed by atoms with Crippen molar-refractivity contribution in [2.45, 2.75) is 20.5 Å². The number of ether oxygens (including phenoxy) is 1. The molecule has 150 valence electrons. The van der Waals surface area contributed by atoms with Crippen LogP contribution in [0.5, 0.6) is 0 Å². The second kappa shape index (κ2) is 8.12.